The van der Waals surface area contributed by atoms with Crippen molar-refractivity contribution >= 4 is 34.9 Å². The van der Waals surface area contributed by atoms with Crippen molar-refractivity contribution in [2.24, 2.45) is 5.73 Å². The number of hydrogen-bond acceptors (Lipinski definition) is 5. The van der Waals surface area contributed by atoms with Gasteiger partial charge >= 0.3 is 0 Å². The zero-order valence-electron chi connectivity index (χ0n) is 18.1. The van der Waals surface area contributed by atoms with Gasteiger partial charge in [-0.05, 0) is 43.0 Å². The number of likely N-dealkylation sites (tertiary alicyclic amines) is 1. The average Bonchev–Trinajstić information content (AvgIpc) is 3.46. The first-order valence-corrected chi connectivity index (χ1v) is 11.6. The molecule has 170 valence electrons. The van der Waals surface area contributed by atoms with Gasteiger partial charge < -0.3 is 21.3 Å². The zero-order valence-corrected chi connectivity index (χ0v) is 19.0. The van der Waals surface area contributed by atoms with Gasteiger partial charge in [0.25, 0.3) is 5.91 Å². The Morgan fingerprint density at radius 3 is 2.59 bits per heavy atom. The molecule has 1 unspecified atom stereocenters. The van der Waals surface area contributed by atoms with Crippen molar-refractivity contribution < 1.29 is 14.4 Å². The van der Waals surface area contributed by atoms with Gasteiger partial charge in [-0.25, -0.2) is 0 Å². The Morgan fingerprint density at radius 1 is 1.19 bits per heavy atom. The lowest BCUT2D eigenvalue weighted by Gasteiger charge is -2.24. The molecule has 8 nitrogen and oxygen atoms in total. The van der Waals surface area contributed by atoms with Gasteiger partial charge in [0.1, 0.15) is 11.9 Å². The van der Waals surface area contributed by atoms with E-state index in [9.17, 15) is 14.4 Å². The van der Waals surface area contributed by atoms with Crippen molar-refractivity contribution in [2.45, 2.75) is 45.2 Å². The molecule has 3 rings (SSSR count). The van der Waals surface area contributed by atoms with Crippen LogP contribution >= 0.6 is 11.3 Å². The second-order valence-electron chi connectivity index (χ2n) is 7.81. The van der Waals surface area contributed by atoms with Crippen LogP contribution in [0.2, 0.25) is 0 Å². The molecule has 2 aromatic rings. The number of nitrogen functional groups attached to an aromatic ring is 1. The number of thiophene rings is 1. The number of carbonyl (C=O) groups excluding carboxylic acids is 3. The minimum atomic E-state index is -0.542. The summed E-state index contributed by atoms with van der Waals surface area (Å²) >= 11 is 1.42. The number of nitrogens with one attached hydrogen (secondary N) is 3. The summed E-state index contributed by atoms with van der Waals surface area (Å²) < 4.78 is 0. The number of amidine groups is 1. The normalized spacial score (nSPS) is 15.4. The first-order chi connectivity index (χ1) is 15.4. The van der Waals surface area contributed by atoms with Gasteiger partial charge in [-0.15, -0.1) is 11.3 Å². The van der Waals surface area contributed by atoms with Gasteiger partial charge in [0.15, 0.2) is 0 Å². The molecule has 1 aromatic heterocycles. The lowest BCUT2D eigenvalue weighted by molar-refractivity contribution is -0.137. The Hall–Kier alpha value is -3.20. The second kappa shape index (κ2) is 10.9. The minimum Gasteiger partial charge on any atom is -0.384 e. The fourth-order valence-corrected chi connectivity index (χ4v) is 4.54. The summed E-state index contributed by atoms with van der Waals surface area (Å²) in [6.07, 6.45) is 3.33. The van der Waals surface area contributed by atoms with Crippen molar-refractivity contribution in [3.05, 3.63) is 57.3 Å². The maximum absolute atomic E-state index is 12.7. The van der Waals surface area contributed by atoms with Crippen LogP contribution in [-0.2, 0) is 22.6 Å². The summed E-state index contributed by atoms with van der Waals surface area (Å²) in [5.74, 6) is -0.800. The molecule has 3 amide bonds. The van der Waals surface area contributed by atoms with E-state index in [1.54, 1.807) is 23.6 Å². The van der Waals surface area contributed by atoms with Crippen molar-refractivity contribution in [3.63, 3.8) is 0 Å². The standard InChI is InChI=1S/C23H29N5O3S/c1-2-4-15-6-8-16(9-7-15)22(30)27-13-20(29)28-10-3-5-19(28)23(31)26-12-18-11-17(14-32-18)21(24)25/h6-9,11,14,19H,2-5,10,12-13H2,1H3,(H3,24,25)(H,26,31)(H,27,30). The van der Waals surface area contributed by atoms with Crippen molar-refractivity contribution in [1.82, 2.24) is 15.5 Å². The minimum absolute atomic E-state index is 0.00894. The van der Waals surface area contributed by atoms with Crippen LogP contribution in [0.3, 0.4) is 0 Å². The molecule has 0 aliphatic carbocycles. The zero-order chi connectivity index (χ0) is 23.1. The monoisotopic (exact) mass is 455 g/mol. The second-order valence-corrected chi connectivity index (χ2v) is 8.80. The quantitative estimate of drug-likeness (QED) is 0.341. The largest absolute Gasteiger partial charge is 0.384 e. The van der Waals surface area contributed by atoms with Crippen LogP contribution in [0.4, 0.5) is 0 Å². The lowest BCUT2D eigenvalue weighted by Crippen LogP contribution is -2.48. The van der Waals surface area contributed by atoms with Gasteiger partial charge in [-0.3, -0.25) is 19.8 Å². The molecule has 0 saturated carbocycles. The number of amides is 3. The van der Waals surface area contributed by atoms with Gasteiger partial charge in [0.2, 0.25) is 11.8 Å². The summed E-state index contributed by atoms with van der Waals surface area (Å²) in [5.41, 5.74) is 7.78. The van der Waals surface area contributed by atoms with Crippen LogP contribution in [0, 0.1) is 5.41 Å². The van der Waals surface area contributed by atoms with E-state index >= 15 is 0 Å². The molecule has 0 radical (unpaired) electrons. The number of hydrogen-bond donors (Lipinski definition) is 4. The summed E-state index contributed by atoms with van der Waals surface area (Å²) in [7, 11) is 0. The summed E-state index contributed by atoms with van der Waals surface area (Å²) in [5, 5.41) is 14.8. The topological polar surface area (TPSA) is 128 Å². The van der Waals surface area contributed by atoms with Crippen molar-refractivity contribution in [1.29, 1.82) is 5.41 Å². The molecule has 1 aliphatic rings. The number of rotatable bonds is 9. The summed E-state index contributed by atoms with van der Waals surface area (Å²) in [6, 6.07) is 8.61. The first kappa shape index (κ1) is 23.5. The van der Waals surface area contributed by atoms with Crippen LogP contribution in [-0.4, -0.2) is 47.6 Å². The molecule has 5 N–H and O–H groups in total. The van der Waals surface area contributed by atoms with Crippen LogP contribution in [0.1, 0.15) is 52.5 Å². The predicted octanol–water partition coefficient (Wildman–Crippen LogP) is 2.02. The van der Waals surface area contributed by atoms with E-state index in [0.717, 1.165) is 24.1 Å². The van der Waals surface area contributed by atoms with Crippen LogP contribution in [0.25, 0.3) is 0 Å². The van der Waals surface area contributed by atoms with E-state index in [1.165, 1.54) is 21.8 Å². The maximum Gasteiger partial charge on any atom is 0.251 e. The predicted molar refractivity (Wildman–Crippen MR) is 125 cm³/mol. The highest BCUT2D eigenvalue weighted by molar-refractivity contribution is 7.10. The SMILES string of the molecule is CCCc1ccc(C(=O)NCC(=O)N2CCCC2C(=O)NCc2cc(C(=N)N)cs2)cc1. The highest BCUT2D eigenvalue weighted by atomic mass is 32.1. The van der Waals surface area contributed by atoms with E-state index in [1.807, 2.05) is 12.1 Å². The Bertz CT molecular complexity index is 986. The van der Waals surface area contributed by atoms with Crippen molar-refractivity contribution in [3.8, 4) is 0 Å². The van der Waals surface area contributed by atoms with Gasteiger partial charge in [-0.2, -0.15) is 0 Å². The molecule has 0 spiro atoms. The maximum atomic E-state index is 12.7. The number of aryl methyl sites for hydroxylation is 1. The molecule has 32 heavy (non-hydrogen) atoms. The molecule has 1 aliphatic heterocycles. The Labute approximate surface area is 191 Å². The third-order valence-corrected chi connectivity index (χ3v) is 6.37. The summed E-state index contributed by atoms with van der Waals surface area (Å²) in [6.45, 7) is 2.77. The molecular formula is C23H29N5O3S. The van der Waals surface area contributed by atoms with Gasteiger partial charge in [0, 0.05) is 27.9 Å². The molecule has 1 saturated heterocycles. The Balaban J connectivity index is 1.50. The molecule has 1 fully saturated rings. The van der Waals surface area contributed by atoms with E-state index in [4.69, 9.17) is 11.1 Å². The fourth-order valence-electron chi connectivity index (χ4n) is 3.72. The Kier molecular flexibility index (Phi) is 7.99. The van der Waals surface area contributed by atoms with Crippen LogP contribution in [0.5, 0.6) is 0 Å². The van der Waals surface area contributed by atoms with Gasteiger partial charge in [0.05, 0.1) is 13.1 Å². The number of nitrogens with zero attached hydrogens (tertiary/aromatic N) is 1. The molecule has 2 heterocycles. The van der Waals surface area contributed by atoms with Crippen LogP contribution < -0.4 is 16.4 Å². The third kappa shape index (κ3) is 5.94. The smallest absolute Gasteiger partial charge is 0.251 e. The summed E-state index contributed by atoms with van der Waals surface area (Å²) in [4.78, 5) is 40.1. The van der Waals surface area contributed by atoms with Crippen LogP contribution in [0.15, 0.2) is 35.7 Å². The molecule has 0 bridgehead atoms. The third-order valence-electron chi connectivity index (χ3n) is 5.43. The molecule has 1 aromatic carbocycles. The molecular weight excluding hydrogens is 426 g/mol. The Morgan fingerprint density at radius 2 is 1.94 bits per heavy atom. The lowest BCUT2D eigenvalue weighted by atomic mass is 10.1. The number of benzene rings is 1. The highest BCUT2D eigenvalue weighted by Crippen LogP contribution is 2.19. The van der Waals surface area contributed by atoms with E-state index < -0.39 is 6.04 Å². The van der Waals surface area contributed by atoms with E-state index in [0.29, 0.717) is 30.6 Å². The fraction of sp³-hybridized carbons (Fsp3) is 0.391. The number of carbonyl (C=O) groups is 3. The van der Waals surface area contributed by atoms with E-state index in [-0.39, 0.29) is 30.1 Å². The first-order valence-electron chi connectivity index (χ1n) is 10.7. The molecule has 9 heteroatoms. The van der Waals surface area contributed by atoms with Crippen molar-refractivity contribution in [2.75, 3.05) is 13.1 Å². The highest BCUT2D eigenvalue weighted by Gasteiger charge is 2.33. The molecule has 1 atom stereocenters. The van der Waals surface area contributed by atoms with Gasteiger partial charge in [-0.1, -0.05) is 25.5 Å². The van der Waals surface area contributed by atoms with E-state index in [2.05, 4.69) is 17.6 Å². The number of nitrogens with two attached hydrogens (primary N) is 1. The average molecular weight is 456 g/mol.